The number of nitrogens with one attached hydrogen (secondary N) is 1. The summed E-state index contributed by atoms with van der Waals surface area (Å²) in [4.78, 5) is 25.6. The Bertz CT molecular complexity index is 702. The molecule has 0 saturated carbocycles. The molecule has 0 unspecified atom stereocenters. The maximum absolute atomic E-state index is 12.3. The van der Waals surface area contributed by atoms with Gasteiger partial charge < -0.3 is 19.9 Å². The molecule has 0 atom stereocenters. The second kappa shape index (κ2) is 9.15. The molecule has 3 heterocycles. The van der Waals surface area contributed by atoms with E-state index in [-0.39, 0.29) is 5.91 Å². The van der Waals surface area contributed by atoms with E-state index in [0.717, 1.165) is 44.2 Å². The van der Waals surface area contributed by atoms with Gasteiger partial charge in [-0.3, -0.25) is 4.79 Å². The summed E-state index contributed by atoms with van der Waals surface area (Å²) in [6, 6.07) is 9.57. The fourth-order valence-corrected chi connectivity index (χ4v) is 2.96. The molecule has 0 aromatic carbocycles. The third-order valence-electron chi connectivity index (χ3n) is 4.40. The van der Waals surface area contributed by atoms with Gasteiger partial charge in [0.25, 0.3) is 5.91 Å². The van der Waals surface area contributed by atoms with E-state index < -0.39 is 0 Å². The number of ether oxygens (including phenoxy) is 1. The number of methoxy groups -OCH3 is 1. The summed E-state index contributed by atoms with van der Waals surface area (Å²) in [5.74, 6) is 1.77. The van der Waals surface area contributed by atoms with Gasteiger partial charge in [0, 0.05) is 64.4 Å². The average Bonchev–Trinajstić information content (AvgIpc) is 2.72. The number of rotatable bonds is 7. The van der Waals surface area contributed by atoms with Crippen LogP contribution in [-0.4, -0.2) is 62.3 Å². The minimum absolute atomic E-state index is 0.0723. The van der Waals surface area contributed by atoms with Crippen molar-refractivity contribution in [3.63, 3.8) is 0 Å². The van der Waals surface area contributed by atoms with Crippen LogP contribution in [0.2, 0.25) is 0 Å². The lowest BCUT2D eigenvalue weighted by atomic mass is 10.2. The molecular formula is C19H25N5O2. The number of hydrogen-bond donors (Lipinski definition) is 1. The number of hydrogen-bond acceptors (Lipinski definition) is 6. The molecule has 1 fully saturated rings. The minimum Gasteiger partial charge on any atom is -0.385 e. The van der Waals surface area contributed by atoms with E-state index in [1.807, 2.05) is 30.5 Å². The smallest absolute Gasteiger partial charge is 0.251 e. The number of aromatic nitrogens is 2. The monoisotopic (exact) mass is 355 g/mol. The third-order valence-corrected chi connectivity index (χ3v) is 4.40. The molecule has 138 valence electrons. The SMILES string of the molecule is COCCCNC(=O)c1ccnc(N2CCN(c3ccccn3)CC2)c1. The molecule has 7 heteroatoms. The first-order valence-electron chi connectivity index (χ1n) is 8.92. The van der Waals surface area contributed by atoms with Crippen molar-refractivity contribution in [2.75, 3.05) is 56.2 Å². The molecule has 1 aliphatic heterocycles. The molecule has 0 radical (unpaired) electrons. The molecule has 7 nitrogen and oxygen atoms in total. The van der Waals surface area contributed by atoms with Crippen LogP contribution >= 0.6 is 0 Å². The highest BCUT2D eigenvalue weighted by Gasteiger charge is 2.19. The molecule has 0 bridgehead atoms. The Morgan fingerprint density at radius 2 is 1.81 bits per heavy atom. The van der Waals surface area contributed by atoms with Crippen LogP contribution in [0.15, 0.2) is 42.7 Å². The van der Waals surface area contributed by atoms with E-state index in [4.69, 9.17) is 4.74 Å². The summed E-state index contributed by atoms with van der Waals surface area (Å²) in [5.41, 5.74) is 0.638. The lowest BCUT2D eigenvalue weighted by molar-refractivity contribution is 0.0948. The van der Waals surface area contributed by atoms with Crippen LogP contribution in [0, 0.1) is 0 Å². The van der Waals surface area contributed by atoms with Gasteiger partial charge in [0.15, 0.2) is 0 Å². The van der Waals surface area contributed by atoms with Crippen molar-refractivity contribution in [2.45, 2.75) is 6.42 Å². The Morgan fingerprint density at radius 3 is 2.50 bits per heavy atom. The number of pyridine rings is 2. The molecule has 1 N–H and O–H groups in total. The summed E-state index contributed by atoms with van der Waals surface area (Å²) in [6.07, 6.45) is 4.32. The first-order chi connectivity index (χ1) is 12.8. The number of amides is 1. The van der Waals surface area contributed by atoms with Crippen LogP contribution in [0.5, 0.6) is 0 Å². The first kappa shape index (κ1) is 18.1. The summed E-state index contributed by atoms with van der Waals surface area (Å²) in [5, 5.41) is 2.91. The maximum Gasteiger partial charge on any atom is 0.251 e. The molecule has 26 heavy (non-hydrogen) atoms. The molecule has 0 aliphatic carbocycles. The fraction of sp³-hybridized carbons (Fsp3) is 0.421. The highest BCUT2D eigenvalue weighted by Crippen LogP contribution is 2.18. The predicted molar refractivity (Wildman–Crippen MR) is 102 cm³/mol. The van der Waals surface area contributed by atoms with Crippen molar-refractivity contribution in [1.29, 1.82) is 0 Å². The zero-order valence-corrected chi connectivity index (χ0v) is 15.1. The Balaban J connectivity index is 1.56. The summed E-state index contributed by atoms with van der Waals surface area (Å²) in [7, 11) is 1.66. The van der Waals surface area contributed by atoms with E-state index in [9.17, 15) is 4.79 Å². The van der Waals surface area contributed by atoms with Crippen LogP contribution < -0.4 is 15.1 Å². The Labute approximate surface area is 154 Å². The van der Waals surface area contributed by atoms with E-state index >= 15 is 0 Å². The van der Waals surface area contributed by atoms with E-state index in [0.29, 0.717) is 18.7 Å². The largest absolute Gasteiger partial charge is 0.385 e. The number of piperazine rings is 1. The molecule has 2 aromatic rings. The lowest BCUT2D eigenvalue weighted by Gasteiger charge is -2.36. The Morgan fingerprint density at radius 1 is 1.08 bits per heavy atom. The highest BCUT2D eigenvalue weighted by molar-refractivity contribution is 5.94. The van der Waals surface area contributed by atoms with Gasteiger partial charge >= 0.3 is 0 Å². The second-order valence-corrected chi connectivity index (χ2v) is 6.17. The van der Waals surface area contributed by atoms with Gasteiger partial charge in [0.1, 0.15) is 11.6 Å². The number of anilines is 2. The standard InChI is InChI=1S/C19H25N5O2/c1-26-14-4-8-22-19(25)16-6-9-21-18(15-16)24-12-10-23(11-13-24)17-5-2-3-7-20-17/h2-3,5-7,9,15H,4,8,10-14H2,1H3,(H,22,25). The van der Waals surface area contributed by atoms with Crippen molar-refractivity contribution in [2.24, 2.45) is 0 Å². The third kappa shape index (κ3) is 4.70. The number of carbonyl (C=O) groups excluding carboxylic acids is 1. The molecule has 1 aliphatic rings. The van der Waals surface area contributed by atoms with Crippen molar-refractivity contribution in [3.8, 4) is 0 Å². The highest BCUT2D eigenvalue weighted by atomic mass is 16.5. The fourth-order valence-electron chi connectivity index (χ4n) is 2.96. The zero-order valence-electron chi connectivity index (χ0n) is 15.1. The molecule has 3 rings (SSSR count). The minimum atomic E-state index is -0.0723. The molecule has 2 aromatic heterocycles. The summed E-state index contributed by atoms with van der Waals surface area (Å²) in [6.45, 7) is 4.71. The Hall–Kier alpha value is -2.67. The van der Waals surface area contributed by atoms with Crippen LogP contribution in [-0.2, 0) is 4.74 Å². The van der Waals surface area contributed by atoms with Gasteiger partial charge in [-0.25, -0.2) is 9.97 Å². The summed E-state index contributed by atoms with van der Waals surface area (Å²) < 4.78 is 4.99. The van der Waals surface area contributed by atoms with Crippen LogP contribution in [0.3, 0.4) is 0 Å². The first-order valence-corrected chi connectivity index (χ1v) is 8.92. The molecule has 1 amide bonds. The Kier molecular flexibility index (Phi) is 6.38. The molecule has 0 spiro atoms. The van der Waals surface area contributed by atoms with Gasteiger partial charge in [0.2, 0.25) is 0 Å². The van der Waals surface area contributed by atoms with Crippen LogP contribution in [0.4, 0.5) is 11.6 Å². The predicted octanol–water partition coefficient (Wildman–Crippen LogP) is 1.57. The number of nitrogens with zero attached hydrogens (tertiary/aromatic N) is 4. The average molecular weight is 355 g/mol. The van der Waals surface area contributed by atoms with Gasteiger partial charge in [-0.2, -0.15) is 0 Å². The topological polar surface area (TPSA) is 70.6 Å². The van der Waals surface area contributed by atoms with Gasteiger partial charge in [-0.1, -0.05) is 6.07 Å². The second-order valence-electron chi connectivity index (χ2n) is 6.17. The van der Waals surface area contributed by atoms with E-state index in [1.165, 1.54) is 0 Å². The van der Waals surface area contributed by atoms with Crippen molar-refractivity contribution >= 4 is 17.5 Å². The van der Waals surface area contributed by atoms with Crippen LogP contribution in [0.25, 0.3) is 0 Å². The van der Waals surface area contributed by atoms with Crippen LogP contribution in [0.1, 0.15) is 16.8 Å². The van der Waals surface area contributed by atoms with Crippen molar-refractivity contribution < 1.29 is 9.53 Å². The number of carbonyl (C=O) groups is 1. The quantitative estimate of drug-likeness (QED) is 0.760. The normalized spacial score (nSPS) is 14.3. The lowest BCUT2D eigenvalue weighted by Crippen LogP contribution is -2.47. The zero-order chi connectivity index (χ0) is 18.2. The maximum atomic E-state index is 12.3. The van der Waals surface area contributed by atoms with Crippen molar-refractivity contribution in [1.82, 2.24) is 15.3 Å². The van der Waals surface area contributed by atoms with Crippen molar-refractivity contribution in [3.05, 3.63) is 48.3 Å². The summed E-state index contributed by atoms with van der Waals surface area (Å²) >= 11 is 0. The van der Waals surface area contributed by atoms with Gasteiger partial charge in [-0.05, 0) is 30.7 Å². The molecule has 1 saturated heterocycles. The molecular weight excluding hydrogens is 330 g/mol. The van der Waals surface area contributed by atoms with E-state index in [2.05, 4.69) is 25.1 Å². The van der Waals surface area contributed by atoms with Gasteiger partial charge in [0.05, 0.1) is 0 Å². The van der Waals surface area contributed by atoms with E-state index in [1.54, 1.807) is 19.4 Å². The van der Waals surface area contributed by atoms with Gasteiger partial charge in [-0.15, -0.1) is 0 Å².